The molecule has 74 valence electrons. The van der Waals surface area contributed by atoms with E-state index in [-0.39, 0.29) is 0 Å². The van der Waals surface area contributed by atoms with Crippen LogP contribution in [0, 0.1) is 12.8 Å². The highest BCUT2D eigenvalue weighted by molar-refractivity contribution is 5.35. The predicted molar refractivity (Wildman–Crippen MR) is 55.5 cm³/mol. The van der Waals surface area contributed by atoms with Gasteiger partial charge in [0.05, 0.1) is 0 Å². The number of anilines is 1. The van der Waals surface area contributed by atoms with E-state index in [9.17, 15) is 0 Å². The molecule has 0 aliphatic carbocycles. The van der Waals surface area contributed by atoms with Crippen LogP contribution in [0.5, 0.6) is 0 Å². The Labute approximate surface area is 79.9 Å². The zero-order valence-electron chi connectivity index (χ0n) is 8.91. The minimum absolute atomic E-state index is 0.441. The van der Waals surface area contributed by atoms with Gasteiger partial charge in [-0.3, -0.25) is 4.68 Å². The van der Waals surface area contributed by atoms with E-state index in [0.717, 1.165) is 12.0 Å². The Morgan fingerprint density at radius 1 is 1.46 bits per heavy atom. The van der Waals surface area contributed by atoms with Crippen molar-refractivity contribution in [2.75, 3.05) is 5.73 Å². The summed E-state index contributed by atoms with van der Waals surface area (Å²) in [5.74, 6) is 1.34. The molecule has 0 saturated heterocycles. The summed E-state index contributed by atoms with van der Waals surface area (Å²) in [5, 5.41) is 4.26. The highest BCUT2D eigenvalue weighted by Crippen LogP contribution is 2.18. The first-order valence-corrected chi connectivity index (χ1v) is 4.82. The molecule has 1 aromatic heterocycles. The zero-order valence-corrected chi connectivity index (χ0v) is 8.91. The van der Waals surface area contributed by atoms with Crippen LogP contribution in [0.2, 0.25) is 0 Å². The van der Waals surface area contributed by atoms with Gasteiger partial charge in [-0.2, -0.15) is 5.10 Å². The van der Waals surface area contributed by atoms with Gasteiger partial charge >= 0.3 is 0 Å². The van der Waals surface area contributed by atoms with E-state index in [0.29, 0.717) is 17.8 Å². The maximum Gasteiger partial charge on any atom is 0.148 e. The lowest BCUT2D eigenvalue weighted by Gasteiger charge is -2.13. The molecule has 1 atom stereocenters. The highest BCUT2D eigenvalue weighted by atomic mass is 15.3. The third kappa shape index (κ3) is 2.47. The molecule has 0 amide bonds. The van der Waals surface area contributed by atoms with Gasteiger partial charge in [0, 0.05) is 17.8 Å². The molecule has 2 N–H and O–H groups in total. The van der Waals surface area contributed by atoms with Crippen LogP contribution in [-0.4, -0.2) is 9.78 Å². The van der Waals surface area contributed by atoms with Crippen molar-refractivity contribution < 1.29 is 0 Å². The molecule has 0 aromatic carbocycles. The summed E-state index contributed by atoms with van der Waals surface area (Å²) in [5.41, 5.74) is 6.74. The summed E-state index contributed by atoms with van der Waals surface area (Å²) >= 11 is 0. The number of aryl methyl sites for hydroxylation is 1. The van der Waals surface area contributed by atoms with Crippen molar-refractivity contribution in [3.8, 4) is 0 Å². The zero-order chi connectivity index (χ0) is 10.0. The van der Waals surface area contributed by atoms with Gasteiger partial charge < -0.3 is 5.73 Å². The molecule has 0 aliphatic rings. The van der Waals surface area contributed by atoms with E-state index in [4.69, 9.17) is 5.73 Å². The van der Waals surface area contributed by atoms with E-state index in [2.05, 4.69) is 25.9 Å². The summed E-state index contributed by atoms with van der Waals surface area (Å²) in [6.07, 6.45) is 3.16. The number of rotatable bonds is 3. The number of aromatic nitrogens is 2. The summed E-state index contributed by atoms with van der Waals surface area (Å²) in [7, 11) is 0. The number of hydrogen-bond donors (Lipinski definition) is 1. The third-order valence-electron chi connectivity index (χ3n) is 2.22. The lowest BCUT2D eigenvalue weighted by molar-refractivity contribution is 0.399. The molecule has 3 nitrogen and oxygen atoms in total. The highest BCUT2D eigenvalue weighted by Gasteiger charge is 2.09. The average Bonchev–Trinajstić information content (AvgIpc) is 2.31. The first-order chi connectivity index (χ1) is 6.00. The largest absolute Gasteiger partial charge is 0.382 e. The van der Waals surface area contributed by atoms with Crippen molar-refractivity contribution in [2.24, 2.45) is 5.92 Å². The summed E-state index contributed by atoms with van der Waals surface area (Å²) in [6.45, 7) is 8.60. The summed E-state index contributed by atoms with van der Waals surface area (Å²) in [4.78, 5) is 0. The molecule has 0 radical (unpaired) electrons. The van der Waals surface area contributed by atoms with Crippen LogP contribution < -0.4 is 5.73 Å². The molecule has 0 bridgehead atoms. The van der Waals surface area contributed by atoms with Gasteiger partial charge in [-0.25, -0.2) is 0 Å². The van der Waals surface area contributed by atoms with Crippen LogP contribution >= 0.6 is 0 Å². The van der Waals surface area contributed by atoms with Crippen LogP contribution in [0.1, 0.15) is 38.8 Å². The summed E-state index contributed by atoms with van der Waals surface area (Å²) in [6, 6.07) is 0.441. The fraction of sp³-hybridized carbons (Fsp3) is 0.700. The van der Waals surface area contributed by atoms with E-state index < -0.39 is 0 Å². The standard InChI is InChI=1S/C10H19N3/c1-7(2)5-9(4)13-6-8(3)10(11)12-13/h6-7,9H,5H2,1-4H3,(H2,11,12). The second-order valence-electron chi connectivity index (χ2n) is 4.16. The van der Waals surface area contributed by atoms with Crippen molar-refractivity contribution in [3.05, 3.63) is 11.8 Å². The minimum atomic E-state index is 0.441. The lowest BCUT2D eigenvalue weighted by atomic mass is 10.1. The van der Waals surface area contributed by atoms with Crippen molar-refractivity contribution in [2.45, 2.75) is 40.2 Å². The molecule has 1 rings (SSSR count). The first kappa shape index (κ1) is 10.1. The minimum Gasteiger partial charge on any atom is -0.382 e. The second-order valence-corrected chi connectivity index (χ2v) is 4.16. The van der Waals surface area contributed by atoms with Crippen molar-refractivity contribution in [1.82, 2.24) is 9.78 Å². The van der Waals surface area contributed by atoms with Crippen LogP contribution in [0.15, 0.2) is 6.20 Å². The van der Waals surface area contributed by atoms with Gasteiger partial charge in [-0.15, -0.1) is 0 Å². The van der Waals surface area contributed by atoms with Gasteiger partial charge in [0.15, 0.2) is 0 Å². The number of nitrogens with two attached hydrogens (primary N) is 1. The van der Waals surface area contributed by atoms with Crippen LogP contribution in [0.3, 0.4) is 0 Å². The van der Waals surface area contributed by atoms with Crippen LogP contribution in [0.25, 0.3) is 0 Å². The third-order valence-corrected chi connectivity index (χ3v) is 2.22. The first-order valence-electron chi connectivity index (χ1n) is 4.82. The maximum atomic E-state index is 5.68. The van der Waals surface area contributed by atoms with E-state index >= 15 is 0 Å². The van der Waals surface area contributed by atoms with Gasteiger partial charge in [0.25, 0.3) is 0 Å². The molecule has 0 saturated carbocycles. The number of nitrogens with zero attached hydrogens (tertiary/aromatic N) is 2. The van der Waals surface area contributed by atoms with Gasteiger partial charge in [0.2, 0.25) is 0 Å². The van der Waals surface area contributed by atoms with Crippen molar-refractivity contribution in [3.63, 3.8) is 0 Å². The van der Waals surface area contributed by atoms with E-state index in [1.807, 2.05) is 17.8 Å². The van der Waals surface area contributed by atoms with Gasteiger partial charge in [-0.1, -0.05) is 13.8 Å². The second kappa shape index (κ2) is 3.81. The SMILES string of the molecule is Cc1cn(C(C)CC(C)C)nc1N. The quantitative estimate of drug-likeness (QED) is 0.778. The molecule has 0 aliphatic heterocycles. The van der Waals surface area contributed by atoms with Gasteiger partial charge in [0.1, 0.15) is 5.82 Å². The number of hydrogen-bond acceptors (Lipinski definition) is 2. The lowest BCUT2D eigenvalue weighted by Crippen LogP contribution is -2.08. The van der Waals surface area contributed by atoms with Crippen molar-refractivity contribution >= 4 is 5.82 Å². The molecule has 0 spiro atoms. The molecule has 1 aromatic rings. The summed E-state index contributed by atoms with van der Waals surface area (Å²) < 4.78 is 1.96. The number of nitrogen functional groups attached to an aromatic ring is 1. The molecule has 1 heterocycles. The molecule has 13 heavy (non-hydrogen) atoms. The normalized spacial score (nSPS) is 13.6. The Morgan fingerprint density at radius 3 is 2.46 bits per heavy atom. The predicted octanol–water partition coefficient (Wildman–Crippen LogP) is 2.38. The Kier molecular flexibility index (Phi) is 2.96. The Morgan fingerprint density at radius 2 is 2.08 bits per heavy atom. The Balaban J connectivity index is 2.71. The molecule has 0 fully saturated rings. The molecule has 1 unspecified atom stereocenters. The molecular formula is C10H19N3. The van der Waals surface area contributed by atoms with E-state index in [1.54, 1.807) is 0 Å². The fourth-order valence-electron chi connectivity index (χ4n) is 1.51. The smallest absolute Gasteiger partial charge is 0.148 e. The van der Waals surface area contributed by atoms with Gasteiger partial charge in [-0.05, 0) is 26.2 Å². The fourth-order valence-corrected chi connectivity index (χ4v) is 1.51. The Hall–Kier alpha value is -0.990. The Bertz CT molecular complexity index is 256. The monoisotopic (exact) mass is 181 g/mol. The molecular weight excluding hydrogens is 162 g/mol. The topological polar surface area (TPSA) is 43.8 Å². The average molecular weight is 181 g/mol. The van der Waals surface area contributed by atoms with Crippen LogP contribution in [-0.2, 0) is 0 Å². The molecule has 3 heteroatoms. The maximum absolute atomic E-state index is 5.68. The van der Waals surface area contributed by atoms with Crippen molar-refractivity contribution in [1.29, 1.82) is 0 Å². The van der Waals surface area contributed by atoms with Crippen LogP contribution in [0.4, 0.5) is 5.82 Å². The van der Waals surface area contributed by atoms with E-state index in [1.165, 1.54) is 0 Å².